The second-order valence-electron chi connectivity index (χ2n) is 6.71. The Bertz CT molecular complexity index is 624. The maximum atomic E-state index is 6.68. The van der Waals surface area contributed by atoms with Gasteiger partial charge >= 0.3 is 0 Å². The molecule has 2 nitrogen and oxygen atoms in total. The van der Waals surface area contributed by atoms with Crippen LogP contribution in [0.3, 0.4) is 0 Å². The number of hydrogen-bond donors (Lipinski definition) is 2. The van der Waals surface area contributed by atoms with Crippen molar-refractivity contribution in [3.63, 3.8) is 0 Å². The Morgan fingerprint density at radius 3 is 2.46 bits per heavy atom. The van der Waals surface area contributed by atoms with E-state index in [0.717, 1.165) is 25.8 Å². The Hall–Kier alpha value is -1.84. The fourth-order valence-electron chi connectivity index (χ4n) is 3.09. The molecule has 3 N–H and O–H groups in total. The van der Waals surface area contributed by atoms with Gasteiger partial charge in [0.2, 0.25) is 0 Å². The zero-order chi connectivity index (χ0) is 17.4. The molecule has 2 aromatic carbocycles. The van der Waals surface area contributed by atoms with Crippen LogP contribution in [-0.4, -0.2) is 14.4 Å². The van der Waals surface area contributed by atoms with E-state index in [1.807, 2.05) is 12.1 Å². The van der Waals surface area contributed by atoms with Gasteiger partial charge in [-0.2, -0.15) is 0 Å². The number of nitrogens with one attached hydrogen (secondary N) is 1. The van der Waals surface area contributed by atoms with Gasteiger partial charge in [0.1, 0.15) is 7.85 Å². The lowest BCUT2D eigenvalue weighted by molar-refractivity contribution is 0.389. The van der Waals surface area contributed by atoms with Gasteiger partial charge in [0.05, 0.1) is 0 Å². The van der Waals surface area contributed by atoms with E-state index >= 15 is 0 Å². The second kappa shape index (κ2) is 8.86. The summed E-state index contributed by atoms with van der Waals surface area (Å²) in [6, 6.07) is 19.4. The topological polar surface area (TPSA) is 38.0 Å². The molecule has 0 saturated carbocycles. The molecule has 0 spiro atoms. The Morgan fingerprint density at radius 2 is 1.83 bits per heavy atom. The summed E-state index contributed by atoms with van der Waals surface area (Å²) in [6.45, 7) is 7.04. The lowest BCUT2D eigenvalue weighted by atomic mass is 9.83. The van der Waals surface area contributed by atoms with Crippen molar-refractivity contribution in [2.75, 3.05) is 6.54 Å². The van der Waals surface area contributed by atoms with Crippen LogP contribution >= 0.6 is 0 Å². The first-order valence-corrected chi connectivity index (χ1v) is 8.80. The molecule has 3 heteroatoms. The molecule has 0 fully saturated rings. The Morgan fingerprint density at radius 1 is 1.17 bits per heavy atom. The highest BCUT2D eigenvalue weighted by Gasteiger charge is 2.25. The molecule has 0 aliphatic heterocycles. The molecule has 2 rings (SSSR count). The number of hydrogen-bond acceptors (Lipinski definition) is 2. The van der Waals surface area contributed by atoms with Crippen LogP contribution in [0.4, 0.5) is 0 Å². The molecule has 0 aliphatic rings. The van der Waals surface area contributed by atoms with Crippen molar-refractivity contribution in [3.05, 3.63) is 78.4 Å². The van der Waals surface area contributed by atoms with Crippen molar-refractivity contribution in [1.82, 2.24) is 5.32 Å². The molecule has 0 radical (unpaired) electrons. The minimum atomic E-state index is -0.322. The van der Waals surface area contributed by atoms with Gasteiger partial charge in [-0.3, -0.25) is 0 Å². The van der Waals surface area contributed by atoms with E-state index in [2.05, 4.69) is 75.2 Å². The quantitative estimate of drug-likeness (QED) is 0.424. The minimum absolute atomic E-state index is 0.322. The molecule has 0 aliphatic carbocycles. The number of nitrogens with two attached hydrogens (primary N) is 1. The van der Waals surface area contributed by atoms with Crippen LogP contribution in [0.15, 0.2) is 67.3 Å². The van der Waals surface area contributed by atoms with Gasteiger partial charge in [-0.15, -0.1) is 6.58 Å². The standard InChI is InChI=1S/C21H29BN2/c1-3-14-21(23,19-8-5-4-6-9-19)15-7-16-24-17(2)18-10-12-20(22)13-11-18/h3-6,8-13,17,24H,1,7,14-16,22-23H2,2H3/t17-,21?/m0/s1. The summed E-state index contributed by atoms with van der Waals surface area (Å²) in [5.41, 5.74) is 10.2. The molecule has 1 unspecified atom stereocenters. The van der Waals surface area contributed by atoms with Crippen molar-refractivity contribution < 1.29 is 0 Å². The van der Waals surface area contributed by atoms with Crippen LogP contribution in [0.5, 0.6) is 0 Å². The van der Waals surface area contributed by atoms with Gasteiger partial charge in [0.25, 0.3) is 0 Å². The van der Waals surface area contributed by atoms with Crippen LogP contribution in [0, 0.1) is 0 Å². The van der Waals surface area contributed by atoms with Gasteiger partial charge in [-0.05, 0) is 43.9 Å². The molecule has 2 atom stereocenters. The molecular weight excluding hydrogens is 291 g/mol. The fourth-order valence-corrected chi connectivity index (χ4v) is 3.09. The van der Waals surface area contributed by atoms with Crippen molar-refractivity contribution in [3.8, 4) is 0 Å². The van der Waals surface area contributed by atoms with Gasteiger partial charge < -0.3 is 11.1 Å². The summed E-state index contributed by atoms with van der Waals surface area (Å²) >= 11 is 0. The van der Waals surface area contributed by atoms with E-state index in [4.69, 9.17) is 5.73 Å². The van der Waals surface area contributed by atoms with Crippen LogP contribution in [0.2, 0.25) is 0 Å². The molecular formula is C21H29BN2. The first-order chi connectivity index (χ1) is 11.5. The smallest absolute Gasteiger partial charge is 0.139 e. The van der Waals surface area contributed by atoms with Crippen molar-refractivity contribution in [1.29, 1.82) is 0 Å². The summed E-state index contributed by atoms with van der Waals surface area (Å²) in [5.74, 6) is 0. The summed E-state index contributed by atoms with van der Waals surface area (Å²) < 4.78 is 0. The lowest BCUT2D eigenvalue weighted by Crippen LogP contribution is -2.37. The van der Waals surface area contributed by atoms with Crippen LogP contribution in [0.25, 0.3) is 0 Å². The normalized spacial score (nSPS) is 14.8. The zero-order valence-corrected chi connectivity index (χ0v) is 15.0. The largest absolute Gasteiger partial charge is 0.321 e. The second-order valence-corrected chi connectivity index (χ2v) is 6.71. The number of benzene rings is 2. The molecule has 0 bridgehead atoms. The highest BCUT2D eigenvalue weighted by molar-refractivity contribution is 6.32. The SMILES string of the molecule is Bc1ccc([C@H](C)NCCCC(N)(CC=C)c2ccccc2)cc1. The Kier molecular flexibility index (Phi) is 6.83. The molecule has 0 amide bonds. The maximum absolute atomic E-state index is 6.68. The summed E-state index contributed by atoms with van der Waals surface area (Å²) in [6.07, 6.45) is 4.70. The average molecular weight is 320 g/mol. The highest BCUT2D eigenvalue weighted by Crippen LogP contribution is 2.27. The molecule has 0 heterocycles. The van der Waals surface area contributed by atoms with Gasteiger partial charge in [0.15, 0.2) is 0 Å². The lowest BCUT2D eigenvalue weighted by Gasteiger charge is -2.29. The van der Waals surface area contributed by atoms with E-state index in [1.54, 1.807) is 0 Å². The zero-order valence-electron chi connectivity index (χ0n) is 15.0. The van der Waals surface area contributed by atoms with Crippen LogP contribution < -0.4 is 16.5 Å². The van der Waals surface area contributed by atoms with Gasteiger partial charge in [-0.1, -0.05) is 66.1 Å². The van der Waals surface area contributed by atoms with Crippen molar-refractivity contribution >= 4 is 13.3 Å². The molecule has 24 heavy (non-hydrogen) atoms. The predicted molar refractivity (Wildman–Crippen MR) is 107 cm³/mol. The van der Waals surface area contributed by atoms with E-state index < -0.39 is 0 Å². The summed E-state index contributed by atoms with van der Waals surface area (Å²) in [4.78, 5) is 0. The van der Waals surface area contributed by atoms with E-state index in [0.29, 0.717) is 6.04 Å². The van der Waals surface area contributed by atoms with Crippen molar-refractivity contribution in [2.24, 2.45) is 5.73 Å². The number of rotatable bonds is 9. The van der Waals surface area contributed by atoms with E-state index in [1.165, 1.54) is 16.6 Å². The first kappa shape index (κ1) is 18.5. The Labute approximate surface area is 147 Å². The van der Waals surface area contributed by atoms with Crippen LogP contribution in [-0.2, 0) is 5.54 Å². The highest BCUT2D eigenvalue weighted by atomic mass is 14.9. The third kappa shape index (κ3) is 5.08. The van der Waals surface area contributed by atoms with Crippen molar-refractivity contribution in [2.45, 2.75) is 37.8 Å². The summed E-state index contributed by atoms with van der Waals surface area (Å²) in [7, 11) is 2.12. The third-order valence-corrected chi connectivity index (χ3v) is 4.68. The molecule has 126 valence electrons. The van der Waals surface area contributed by atoms with E-state index in [9.17, 15) is 0 Å². The van der Waals surface area contributed by atoms with Crippen LogP contribution in [0.1, 0.15) is 43.4 Å². The van der Waals surface area contributed by atoms with E-state index in [-0.39, 0.29) is 5.54 Å². The fraction of sp³-hybridized carbons (Fsp3) is 0.333. The maximum Gasteiger partial charge on any atom is 0.139 e. The molecule has 0 saturated heterocycles. The predicted octanol–water partition coefficient (Wildman–Crippen LogP) is 2.81. The van der Waals surface area contributed by atoms with Gasteiger partial charge in [-0.25, -0.2) is 0 Å². The third-order valence-electron chi connectivity index (χ3n) is 4.68. The van der Waals surface area contributed by atoms with Gasteiger partial charge in [0, 0.05) is 11.6 Å². The average Bonchev–Trinajstić information content (AvgIpc) is 2.60. The molecule has 0 aromatic heterocycles. The molecule has 2 aromatic rings. The summed E-state index contributed by atoms with van der Waals surface area (Å²) in [5, 5.41) is 3.60. The minimum Gasteiger partial charge on any atom is -0.321 e. The monoisotopic (exact) mass is 320 g/mol. The first-order valence-electron chi connectivity index (χ1n) is 8.80. The Balaban J connectivity index is 1.87.